The average molecular weight is 381 g/mol. The number of hydrogen-bond donors (Lipinski definition) is 0. The van der Waals surface area contributed by atoms with Crippen molar-refractivity contribution in [3.63, 3.8) is 0 Å². The molecule has 0 saturated carbocycles. The molecule has 28 heavy (non-hydrogen) atoms. The molecule has 1 amide bonds. The third kappa shape index (κ3) is 3.45. The molecule has 3 aromatic rings. The molecule has 0 saturated heterocycles. The van der Waals surface area contributed by atoms with E-state index in [1.54, 1.807) is 22.7 Å². The van der Waals surface area contributed by atoms with Crippen molar-refractivity contribution in [3.8, 4) is 11.5 Å². The van der Waals surface area contributed by atoms with E-state index in [9.17, 15) is 4.79 Å². The third-order valence-corrected chi connectivity index (χ3v) is 4.84. The van der Waals surface area contributed by atoms with Crippen molar-refractivity contribution in [1.29, 1.82) is 0 Å². The number of ether oxygens (including phenoxy) is 2. The van der Waals surface area contributed by atoms with Gasteiger partial charge in [0.2, 0.25) is 6.79 Å². The molecular formula is C20H23N5O3. The Balaban J connectivity index is 1.64. The molecule has 146 valence electrons. The van der Waals surface area contributed by atoms with Gasteiger partial charge in [0.1, 0.15) is 5.69 Å². The van der Waals surface area contributed by atoms with Crippen molar-refractivity contribution < 1.29 is 14.3 Å². The maximum Gasteiger partial charge on any atom is 0.272 e. The van der Waals surface area contributed by atoms with Crippen LogP contribution < -0.4 is 9.47 Å². The fraction of sp³-hybridized carbons (Fsp3) is 0.350. The summed E-state index contributed by atoms with van der Waals surface area (Å²) < 4.78 is 14.3. The molecule has 1 aliphatic heterocycles. The van der Waals surface area contributed by atoms with Gasteiger partial charge in [-0.1, -0.05) is 6.07 Å². The second-order valence-corrected chi connectivity index (χ2v) is 7.04. The summed E-state index contributed by atoms with van der Waals surface area (Å²) in [6.45, 7) is 4.92. The Hall–Kier alpha value is -3.29. The van der Waals surface area contributed by atoms with Gasteiger partial charge in [0, 0.05) is 26.3 Å². The van der Waals surface area contributed by atoms with Gasteiger partial charge in [-0.15, -0.1) is 0 Å². The molecule has 8 nitrogen and oxygen atoms in total. The van der Waals surface area contributed by atoms with Crippen LogP contribution in [0.1, 0.15) is 33.1 Å². The van der Waals surface area contributed by atoms with E-state index in [1.165, 1.54) is 0 Å². The Labute approximate surface area is 163 Å². The average Bonchev–Trinajstić information content (AvgIpc) is 3.33. The van der Waals surface area contributed by atoms with E-state index in [1.807, 2.05) is 49.8 Å². The highest BCUT2D eigenvalue weighted by Crippen LogP contribution is 2.33. The zero-order valence-electron chi connectivity index (χ0n) is 16.5. The summed E-state index contributed by atoms with van der Waals surface area (Å²) in [5.41, 5.74) is 4.20. The van der Waals surface area contributed by atoms with Crippen LogP contribution >= 0.6 is 0 Å². The van der Waals surface area contributed by atoms with E-state index in [4.69, 9.17) is 9.47 Å². The van der Waals surface area contributed by atoms with Crippen LogP contribution in [0.4, 0.5) is 0 Å². The van der Waals surface area contributed by atoms with Gasteiger partial charge in [-0.3, -0.25) is 14.2 Å². The number of rotatable bonds is 5. The Morgan fingerprint density at radius 1 is 1.04 bits per heavy atom. The Morgan fingerprint density at radius 3 is 2.50 bits per heavy atom. The van der Waals surface area contributed by atoms with Crippen molar-refractivity contribution in [2.75, 3.05) is 6.79 Å². The molecule has 0 unspecified atom stereocenters. The van der Waals surface area contributed by atoms with E-state index in [-0.39, 0.29) is 12.7 Å². The zero-order chi connectivity index (χ0) is 19.8. The minimum atomic E-state index is -0.0935. The predicted molar refractivity (Wildman–Crippen MR) is 102 cm³/mol. The summed E-state index contributed by atoms with van der Waals surface area (Å²) in [5, 5.41) is 8.82. The second kappa shape index (κ2) is 7.03. The molecule has 3 heterocycles. The molecule has 4 rings (SSSR count). The number of fused-ring (bicyclic) bond motifs is 1. The van der Waals surface area contributed by atoms with Gasteiger partial charge in [-0.25, -0.2) is 0 Å². The van der Waals surface area contributed by atoms with Crippen molar-refractivity contribution in [1.82, 2.24) is 24.5 Å². The van der Waals surface area contributed by atoms with E-state index in [0.29, 0.717) is 24.5 Å². The van der Waals surface area contributed by atoms with Crippen LogP contribution in [0.25, 0.3) is 0 Å². The molecule has 0 N–H and O–H groups in total. The number of nitrogens with zero attached hydrogens (tertiary/aromatic N) is 5. The van der Waals surface area contributed by atoms with Crippen LogP contribution in [0.5, 0.6) is 11.5 Å². The summed E-state index contributed by atoms with van der Waals surface area (Å²) in [7, 11) is 3.68. The highest BCUT2D eigenvalue weighted by atomic mass is 16.7. The van der Waals surface area contributed by atoms with Gasteiger partial charge in [0.25, 0.3) is 5.91 Å². The molecular weight excluding hydrogens is 358 g/mol. The van der Waals surface area contributed by atoms with Crippen molar-refractivity contribution >= 4 is 5.91 Å². The molecule has 0 fully saturated rings. The lowest BCUT2D eigenvalue weighted by Crippen LogP contribution is -2.31. The molecule has 0 spiro atoms. The van der Waals surface area contributed by atoms with E-state index >= 15 is 0 Å². The van der Waals surface area contributed by atoms with Crippen molar-refractivity contribution in [2.45, 2.75) is 26.9 Å². The lowest BCUT2D eigenvalue weighted by Gasteiger charge is -2.22. The van der Waals surface area contributed by atoms with Gasteiger partial charge >= 0.3 is 0 Å². The lowest BCUT2D eigenvalue weighted by atomic mass is 10.1. The standard InChI is InChI=1S/C20H23N5O3/c1-13-7-17(24(4)21-13)20(26)25(11-16-8-14(2)23(3)22-16)10-15-5-6-18-19(9-15)28-12-27-18/h5-9H,10-12H2,1-4H3. The molecule has 1 aliphatic rings. The summed E-state index contributed by atoms with van der Waals surface area (Å²) in [4.78, 5) is 15.1. The third-order valence-electron chi connectivity index (χ3n) is 4.84. The van der Waals surface area contributed by atoms with Crippen LogP contribution in [0.15, 0.2) is 30.3 Å². The van der Waals surface area contributed by atoms with Gasteiger partial charge in [-0.05, 0) is 43.7 Å². The molecule has 0 atom stereocenters. The highest BCUT2D eigenvalue weighted by molar-refractivity contribution is 5.92. The Morgan fingerprint density at radius 2 is 1.82 bits per heavy atom. The number of carbonyl (C=O) groups excluding carboxylic acids is 1. The quantitative estimate of drug-likeness (QED) is 0.678. The first-order valence-corrected chi connectivity index (χ1v) is 9.08. The minimum absolute atomic E-state index is 0.0935. The van der Waals surface area contributed by atoms with Gasteiger partial charge in [0.05, 0.1) is 17.9 Å². The second-order valence-electron chi connectivity index (χ2n) is 7.04. The first kappa shape index (κ1) is 18.1. The number of hydrogen-bond acceptors (Lipinski definition) is 5. The monoisotopic (exact) mass is 381 g/mol. The zero-order valence-corrected chi connectivity index (χ0v) is 16.5. The first-order valence-electron chi connectivity index (χ1n) is 9.08. The van der Waals surface area contributed by atoms with Crippen LogP contribution in [0.3, 0.4) is 0 Å². The maximum atomic E-state index is 13.3. The van der Waals surface area contributed by atoms with Gasteiger partial charge in [0.15, 0.2) is 11.5 Å². The fourth-order valence-corrected chi connectivity index (χ4v) is 3.34. The summed E-state index contributed by atoms with van der Waals surface area (Å²) >= 11 is 0. The smallest absolute Gasteiger partial charge is 0.272 e. The normalized spacial score (nSPS) is 12.4. The lowest BCUT2D eigenvalue weighted by molar-refractivity contribution is 0.0716. The van der Waals surface area contributed by atoms with E-state index < -0.39 is 0 Å². The highest BCUT2D eigenvalue weighted by Gasteiger charge is 2.23. The maximum absolute atomic E-state index is 13.3. The summed E-state index contributed by atoms with van der Waals surface area (Å²) in [6, 6.07) is 9.54. The molecule has 8 heteroatoms. The van der Waals surface area contributed by atoms with Crippen LogP contribution in [0, 0.1) is 13.8 Å². The largest absolute Gasteiger partial charge is 0.454 e. The molecule has 1 aromatic carbocycles. The van der Waals surface area contributed by atoms with E-state index in [0.717, 1.165) is 28.4 Å². The molecule has 2 aromatic heterocycles. The topological polar surface area (TPSA) is 74.4 Å². The number of benzene rings is 1. The van der Waals surface area contributed by atoms with E-state index in [2.05, 4.69) is 10.2 Å². The predicted octanol–water partition coefficient (Wildman–Crippen LogP) is 2.34. The number of amides is 1. The summed E-state index contributed by atoms with van der Waals surface area (Å²) in [6.07, 6.45) is 0. The number of carbonyl (C=O) groups is 1. The van der Waals surface area contributed by atoms with Crippen LogP contribution in [-0.4, -0.2) is 37.2 Å². The fourth-order valence-electron chi connectivity index (χ4n) is 3.34. The molecule has 0 bridgehead atoms. The summed E-state index contributed by atoms with van der Waals surface area (Å²) in [5.74, 6) is 1.34. The SMILES string of the molecule is Cc1cc(C(=O)N(Cc2ccc3c(c2)OCO3)Cc2cc(C)n(C)n2)n(C)n1. The molecule has 0 radical (unpaired) electrons. The number of aromatic nitrogens is 4. The van der Waals surface area contributed by atoms with Crippen LogP contribution in [-0.2, 0) is 27.2 Å². The van der Waals surface area contributed by atoms with Gasteiger partial charge < -0.3 is 14.4 Å². The Bertz CT molecular complexity index is 1020. The molecule has 0 aliphatic carbocycles. The minimum Gasteiger partial charge on any atom is -0.454 e. The van der Waals surface area contributed by atoms with Crippen LogP contribution in [0.2, 0.25) is 0 Å². The first-order chi connectivity index (χ1) is 13.4. The van der Waals surface area contributed by atoms with Crippen molar-refractivity contribution in [3.05, 3.63) is 58.7 Å². The van der Waals surface area contributed by atoms with Crippen molar-refractivity contribution in [2.24, 2.45) is 14.1 Å². The number of aryl methyl sites for hydroxylation is 4. The van der Waals surface area contributed by atoms with Gasteiger partial charge in [-0.2, -0.15) is 10.2 Å². The Kier molecular flexibility index (Phi) is 4.54.